The van der Waals surface area contributed by atoms with Gasteiger partial charge in [0.25, 0.3) is 0 Å². The second-order valence-electron chi connectivity index (χ2n) is 8.84. The molecule has 8 saturated carbocycles. The summed E-state index contributed by atoms with van der Waals surface area (Å²) in [7, 11) is 6.85. The summed E-state index contributed by atoms with van der Waals surface area (Å²) >= 11 is 0. The van der Waals surface area contributed by atoms with E-state index in [9.17, 15) is 0 Å². The molecule has 11 unspecified atom stereocenters. The molecule has 0 aromatic carbocycles. The van der Waals surface area contributed by atoms with Crippen molar-refractivity contribution in [2.75, 3.05) is 0 Å². The van der Waals surface area contributed by atoms with E-state index in [-0.39, 0.29) is 0 Å². The summed E-state index contributed by atoms with van der Waals surface area (Å²) in [5.74, 6) is 8.11. The van der Waals surface area contributed by atoms with Crippen LogP contribution in [-0.2, 0) is 0 Å². The van der Waals surface area contributed by atoms with Crippen LogP contribution in [-0.4, -0.2) is 7.85 Å². The van der Waals surface area contributed by atoms with Crippen molar-refractivity contribution in [2.45, 2.75) is 31.0 Å². The number of hydrogen-bond acceptors (Lipinski definition) is 0. The van der Waals surface area contributed by atoms with E-state index in [4.69, 9.17) is 7.85 Å². The third kappa shape index (κ3) is 0.222. The van der Waals surface area contributed by atoms with Gasteiger partial charge in [-0.25, -0.2) is 0 Å². The lowest BCUT2D eigenvalue weighted by Gasteiger charge is -3.19. The van der Waals surface area contributed by atoms with Gasteiger partial charge in [-0.15, -0.1) is 0 Å². The maximum Gasteiger partial charge on any atom is 0.0758 e. The van der Waals surface area contributed by atoms with Gasteiger partial charge in [0.2, 0.25) is 0 Å². The Labute approximate surface area is 97.0 Å². The van der Waals surface area contributed by atoms with Crippen LogP contribution in [0.3, 0.4) is 0 Å². The molecule has 3 spiro atoms. The van der Waals surface area contributed by atoms with Crippen LogP contribution in [0.25, 0.3) is 0 Å². The first-order valence-electron chi connectivity index (χ1n) is 7.56. The maximum absolute atomic E-state index is 6.85. The normalized spacial score (nSPS) is 101. The van der Waals surface area contributed by atoms with Crippen molar-refractivity contribution in [3.63, 3.8) is 0 Å². The molecule has 1 heteroatoms. The Morgan fingerprint density at radius 2 is 1.69 bits per heavy atom. The Balaban J connectivity index is 1.51. The summed E-state index contributed by atoms with van der Waals surface area (Å²) < 4.78 is 0. The second-order valence-corrected chi connectivity index (χ2v) is 8.84. The summed E-state index contributed by atoms with van der Waals surface area (Å²) in [5, 5.41) is 0.401. The van der Waals surface area contributed by atoms with Crippen LogP contribution in [0.5, 0.6) is 0 Å². The summed E-state index contributed by atoms with van der Waals surface area (Å²) in [6.07, 6.45) is 6.27. The van der Waals surface area contributed by atoms with Crippen LogP contribution in [0.1, 0.15) is 25.7 Å². The van der Waals surface area contributed by atoms with E-state index in [0.717, 1.165) is 39.9 Å². The molecule has 0 N–H and O–H groups in total. The highest BCUT2D eigenvalue weighted by atomic mass is 15.2. The van der Waals surface area contributed by atoms with Gasteiger partial charge in [0.15, 0.2) is 0 Å². The summed E-state index contributed by atoms with van der Waals surface area (Å²) in [4.78, 5) is 0. The highest BCUT2D eigenvalue weighted by Crippen LogP contribution is 3.21. The lowest BCUT2D eigenvalue weighted by atomic mass is 8.83. The predicted octanol–water partition coefficient (Wildman–Crippen LogP) is 2.26. The lowest BCUT2D eigenvalue weighted by molar-refractivity contribution is -0.699. The monoisotopic (exact) mass is 206 g/mol. The predicted molar refractivity (Wildman–Crippen MR) is 58.6 cm³/mol. The van der Waals surface area contributed by atoms with Crippen LogP contribution in [0.4, 0.5) is 0 Å². The molecule has 0 amide bonds. The second kappa shape index (κ2) is 1.24. The van der Waals surface area contributed by atoms with Gasteiger partial charge < -0.3 is 0 Å². The van der Waals surface area contributed by atoms with Crippen molar-refractivity contribution < 1.29 is 0 Å². The van der Waals surface area contributed by atoms with E-state index in [0.29, 0.717) is 5.31 Å². The van der Waals surface area contributed by atoms with Gasteiger partial charge in [-0.1, -0.05) is 11.7 Å². The van der Waals surface area contributed by atoms with Crippen molar-refractivity contribution in [1.82, 2.24) is 0 Å². The molecule has 0 bridgehead atoms. The Morgan fingerprint density at radius 1 is 0.875 bits per heavy atom. The van der Waals surface area contributed by atoms with Crippen LogP contribution >= 0.6 is 0 Å². The van der Waals surface area contributed by atoms with Gasteiger partial charge in [0, 0.05) is 0 Å². The molecule has 8 aliphatic carbocycles. The zero-order chi connectivity index (χ0) is 9.87. The molecule has 2 radical (unpaired) electrons. The molecule has 16 heavy (non-hydrogen) atoms. The SMILES string of the molecule is [B]C12CC3CC4C5C6CC7CC8C1C5(C768)C342. The molecule has 0 aromatic heterocycles. The van der Waals surface area contributed by atoms with E-state index < -0.39 is 0 Å². The zero-order valence-corrected chi connectivity index (χ0v) is 9.45. The number of fused-ring (bicyclic) bond motifs is 4. The molecule has 78 valence electrons. The van der Waals surface area contributed by atoms with Crippen LogP contribution in [0.2, 0.25) is 5.31 Å². The first-order chi connectivity index (χ1) is 7.77. The third-order valence-electron chi connectivity index (χ3n) is 10.3. The minimum absolute atomic E-state index is 0.401. The fourth-order valence-corrected chi connectivity index (χ4v) is 11.2. The Kier molecular flexibility index (Phi) is 0.530. The largest absolute Gasteiger partial charge is 0.0758 e. The van der Waals surface area contributed by atoms with E-state index >= 15 is 0 Å². The van der Waals surface area contributed by atoms with Gasteiger partial charge >= 0.3 is 0 Å². The summed E-state index contributed by atoms with van der Waals surface area (Å²) in [5.41, 5.74) is 2.69. The average Bonchev–Trinajstić information content (AvgIpc) is 2.14. The van der Waals surface area contributed by atoms with E-state index in [1.165, 1.54) is 24.2 Å². The van der Waals surface area contributed by atoms with Gasteiger partial charge in [-0.3, -0.25) is 0 Å². The quantitative estimate of drug-likeness (QED) is 0.533. The van der Waals surface area contributed by atoms with Crippen LogP contribution in [0.15, 0.2) is 0 Å². The molecule has 0 aliphatic heterocycles. The van der Waals surface area contributed by atoms with Gasteiger partial charge in [0.1, 0.15) is 0 Å². The van der Waals surface area contributed by atoms with Crippen LogP contribution < -0.4 is 0 Å². The standard InChI is InChI=1S/C15H15B/c16-12-4-6-3-8-10-7-1-5-2-9-11(12)15(10,13(5,7)9)14(6,8)12/h5-11H,1-4H2. The maximum atomic E-state index is 6.85. The fraction of sp³-hybridized carbons (Fsp3) is 1.00. The molecule has 8 rings (SSSR count). The van der Waals surface area contributed by atoms with Gasteiger partial charge in [-0.05, 0) is 76.9 Å². The molecule has 0 saturated heterocycles. The van der Waals surface area contributed by atoms with E-state index in [1.54, 1.807) is 19.3 Å². The molecule has 0 nitrogen and oxygen atoms in total. The molecular formula is C15H15B. The topological polar surface area (TPSA) is 0 Å². The highest BCUT2D eigenvalue weighted by molar-refractivity contribution is 6.19. The van der Waals surface area contributed by atoms with Crippen molar-refractivity contribution in [2.24, 2.45) is 57.7 Å². The Morgan fingerprint density at radius 3 is 2.50 bits per heavy atom. The highest BCUT2D eigenvalue weighted by Gasteiger charge is 3.15. The molecule has 8 aliphatic rings. The van der Waals surface area contributed by atoms with E-state index in [1.807, 2.05) is 0 Å². The summed E-state index contributed by atoms with van der Waals surface area (Å²) in [6, 6.07) is 0. The Bertz CT molecular complexity index is 556. The molecule has 0 heterocycles. The van der Waals surface area contributed by atoms with Crippen molar-refractivity contribution in [3.8, 4) is 0 Å². The average molecular weight is 206 g/mol. The minimum Gasteiger partial charge on any atom is -0.0555 e. The molecular weight excluding hydrogens is 191 g/mol. The summed E-state index contributed by atoms with van der Waals surface area (Å²) in [6.45, 7) is 0. The van der Waals surface area contributed by atoms with Crippen molar-refractivity contribution >= 4 is 7.85 Å². The van der Waals surface area contributed by atoms with Crippen molar-refractivity contribution in [3.05, 3.63) is 0 Å². The number of hydrogen-bond donors (Lipinski definition) is 0. The van der Waals surface area contributed by atoms with Gasteiger partial charge in [-0.2, -0.15) is 0 Å². The van der Waals surface area contributed by atoms with Gasteiger partial charge in [0.05, 0.1) is 7.85 Å². The Hall–Kier alpha value is 0.0649. The fourth-order valence-electron chi connectivity index (χ4n) is 11.2. The lowest BCUT2D eigenvalue weighted by Crippen LogP contribution is -3.14. The molecule has 11 atom stereocenters. The van der Waals surface area contributed by atoms with E-state index in [2.05, 4.69) is 0 Å². The molecule has 0 aromatic rings. The smallest absolute Gasteiger partial charge is 0.0555 e. The third-order valence-corrected chi connectivity index (χ3v) is 10.3. The first kappa shape index (κ1) is 6.85. The zero-order valence-electron chi connectivity index (χ0n) is 9.45. The molecule has 8 fully saturated rings. The minimum atomic E-state index is 0.401. The first-order valence-corrected chi connectivity index (χ1v) is 7.56. The van der Waals surface area contributed by atoms with Crippen molar-refractivity contribution in [1.29, 1.82) is 0 Å². The number of rotatable bonds is 0. The van der Waals surface area contributed by atoms with Crippen LogP contribution in [0, 0.1) is 57.7 Å².